The molecule has 1 aliphatic carbocycles. The van der Waals surface area contributed by atoms with Gasteiger partial charge < -0.3 is 15.5 Å². The van der Waals surface area contributed by atoms with Crippen molar-refractivity contribution in [1.82, 2.24) is 4.98 Å². The summed E-state index contributed by atoms with van der Waals surface area (Å²) in [7, 11) is 0. The Morgan fingerprint density at radius 3 is 2.65 bits per heavy atom. The number of nitrogens with zero attached hydrogens (tertiary/aromatic N) is 1. The summed E-state index contributed by atoms with van der Waals surface area (Å²) in [6, 6.07) is 5.32. The Bertz CT molecular complexity index is 591. The normalized spacial score (nSPS) is 16.2. The molecule has 1 aromatic carbocycles. The van der Waals surface area contributed by atoms with Crippen LogP contribution in [0.15, 0.2) is 23.6 Å². The number of hydrogen-bond donors (Lipinski definition) is 3. The molecule has 1 aromatic heterocycles. The van der Waals surface area contributed by atoms with Crippen LogP contribution in [0.1, 0.15) is 32.1 Å². The predicted molar refractivity (Wildman–Crippen MR) is 81.4 cm³/mol. The van der Waals surface area contributed by atoms with E-state index in [1.54, 1.807) is 17.4 Å². The third-order valence-electron chi connectivity index (χ3n) is 3.71. The molecule has 0 amide bonds. The van der Waals surface area contributed by atoms with Crippen LogP contribution in [0, 0.1) is 0 Å². The van der Waals surface area contributed by atoms with Gasteiger partial charge in [0.1, 0.15) is 0 Å². The first-order chi connectivity index (χ1) is 9.72. The van der Waals surface area contributed by atoms with Crippen molar-refractivity contribution >= 4 is 16.5 Å². The zero-order chi connectivity index (χ0) is 13.9. The van der Waals surface area contributed by atoms with Gasteiger partial charge in [-0.15, -0.1) is 11.3 Å². The highest BCUT2D eigenvalue weighted by atomic mass is 32.1. The zero-order valence-corrected chi connectivity index (χ0v) is 12.0. The van der Waals surface area contributed by atoms with Crippen LogP contribution in [0.25, 0.3) is 11.3 Å². The third-order valence-corrected chi connectivity index (χ3v) is 4.48. The standard InChI is InChI=1S/C15H18N2O2S/c18-13-7-6-10(8-14(13)19)12-9-20-15(17-12)16-11-4-2-1-3-5-11/h6-9,11,18-19H,1-5H2,(H,16,17). The van der Waals surface area contributed by atoms with Gasteiger partial charge in [0.15, 0.2) is 16.6 Å². The summed E-state index contributed by atoms with van der Waals surface area (Å²) >= 11 is 1.58. The molecule has 0 unspecified atom stereocenters. The molecule has 0 saturated heterocycles. The van der Waals surface area contributed by atoms with Crippen molar-refractivity contribution in [2.24, 2.45) is 0 Å². The predicted octanol–water partition coefficient (Wildman–Crippen LogP) is 3.97. The van der Waals surface area contributed by atoms with Crippen LogP contribution in [0.4, 0.5) is 5.13 Å². The molecule has 20 heavy (non-hydrogen) atoms. The first kappa shape index (κ1) is 13.2. The van der Waals surface area contributed by atoms with Gasteiger partial charge in [0.05, 0.1) is 5.69 Å². The summed E-state index contributed by atoms with van der Waals surface area (Å²) in [5, 5.41) is 25.3. The van der Waals surface area contributed by atoms with E-state index in [1.807, 2.05) is 5.38 Å². The number of phenolic OH excluding ortho intramolecular Hbond substituents is 2. The van der Waals surface area contributed by atoms with E-state index in [0.717, 1.165) is 16.4 Å². The Labute approximate surface area is 122 Å². The minimum Gasteiger partial charge on any atom is -0.504 e. The molecule has 0 spiro atoms. The fraction of sp³-hybridized carbons (Fsp3) is 0.400. The van der Waals surface area contributed by atoms with Crippen molar-refractivity contribution in [2.75, 3.05) is 5.32 Å². The molecule has 0 radical (unpaired) electrons. The molecule has 0 atom stereocenters. The lowest BCUT2D eigenvalue weighted by atomic mass is 9.96. The first-order valence-electron chi connectivity index (χ1n) is 6.97. The van der Waals surface area contributed by atoms with Gasteiger partial charge in [-0.3, -0.25) is 0 Å². The minimum atomic E-state index is -0.114. The highest BCUT2D eigenvalue weighted by Crippen LogP contribution is 2.32. The van der Waals surface area contributed by atoms with Gasteiger partial charge in [0.25, 0.3) is 0 Å². The highest BCUT2D eigenvalue weighted by Gasteiger charge is 2.15. The van der Waals surface area contributed by atoms with Crippen molar-refractivity contribution in [3.8, 4) is 22.8 Å². The molecule has 3 N–H and O–H groups in total. The van der Waals surface area contributed by atoms with Crippen molar-refractivity contribution in [3.05, 3.63) is 23.6 Å². The maximum atomic E-state index is 9.54. The number of benzene rings is 1. The van der Waals surface area contributed by atoms with Crippen LogP contribution in [0.3, 0.4) is 0 Å². The number of aromatic hydroxyl groups is 2. The van der Waals surface area contributed by atoms with Crippen LogP contribution in [-0.2, 0) is 0 Å². The van der Waals surface area contributed by atoms with E-state index in [2.05, 4.69) is 10.3 Å². The molecule has 0 aliphatic heterocycles. The lowest BCUT2D eigenvalue weighted by molar-refractivity contribution is 0.404. The zero-order valence-electron chi connectivity index (χ0n) is 11.2. The Morgan fingerprint density at radius 2 is 1.90 bits per heavy atom. The van der Waals surface area contributed by atoms with E-state index in [9.17, 15) is 10.2 Å². The summed E-state index contributed by atoms with van der Waals surface area (Å²) in [4.78, 5) is 4.56. The van der Waals surface area contributed by atoms with Gasteiger partial charge in [0.2, 0.25) is 0 Å². The van der Waals surface area contributed by atoms with Crippen LogP contribution in [-0.4, -0.2) is 21.2 Å². The minimum absolute atomic E-state index is 0.107. The number of rotatable bonds is 3. The Kier molecular flexibility index (Phi) is 3.78. The largest absolute Gasteiger partial charge is 0.504 e. The topological polar surface area (TPSA) is 65.4 Å². The lowest BCUT2D eigenvalue weighted by Crippen LogP contribution is -2.21. The third kappa shape index (κ3) is 2.88. The maximum absolute atomic E-state index is 9.54. The first-order valence-corrected chi connectivity index (χ1v) is 7.85. The maximum Gasteiger partial charge on any atom is 0.183 e. The van der Waals surface area contributed by atoms with Crippen LogP contribution in [0.2, 0.25) is 0 Å². The van der Waals surface area contributed by atoms with E-state index in [0.29, 0.717) is 6.04 Å². The molecular formula is C15H18N2O2S. The van der Waals surface area contributed by atoms with E-state index in [4.69, 9.17) is 0 Å². The van der Waals surface area contributed by atoms with Gasteiger partial charge in [-0.2, -0.15) is 0 Å². The summed E-state index contributed by atoms with van der Waals surface area (Å²) < 4.78 is 0. The number of aromatic nitrogens is 1. The fourth-order valence-corrected chi connectivity index (χ4v) is 3.37. The molecule has 4 nitrogen and oxygen atoms in total. The Morgan fingerprint density at radius 1 is 1.10 bits per heavy atom. The molecule has 1 saturated carbocycles. The average Bonchev–Trinajstić information content (AvgIpc) is 2.91. The molecule has 3 rings (SSSR count). The van der Waals surface area contributed by atoms with Crippen LogP contribution in [0.5, 0.6) is 11.5 Å². The second-order valence-corrected chi connectivity index (χ2v) is 6.08. The van der Waals surface area contributed by atoms with E-state index >= 15 is 0 Å². The second-order valence-electron chi connectivity index (χ2n) is 5.22. The number of phenols is 2. The molecule has 106 valence electrons. The molecule has 0 bridgehead atoms. The lowest BCUT2D eigenvalue weighted by Gasteiger charge is -2.22. The molecule has 1 aliphatic rings. The van der Waals surface area contributed by atoms with Crippen molar-refractivity contribution in [3.63, 3.8) is 0 Å². The van der Waals surface area contributed by atoms with Gasteiger partial charge in [-0.1, -0.05) is 19.3 Å². The Balaban J connectivity index is 1.73. The van der Waals surface area contributed by atoms with Crippen molar-refractivity contribution in [1.29, 1.82) is 0 Å². The smallest absolute Gasteiger partial charge is 0.183 e. The second kappa shape index (κ2) is 5.71. The van der Waals surface area contributed by atoms with E-state index in [-0.39, 0.29) is 11.5 Å². The molecule has 5 heteroatoms. The van der Waals surface area contributed by atoms with Gasteiger partial charge in [-0.05, 0) is 31.0 Å². The monoisotopic (exact) mass is 290 g/mol. The van der Waals surface area contributed by atoms with E-state index in [1.165, 1.54) is 44.2 Å². The van der Waals surface area contributed by atoms with Crippen LogP contribution < -0.4 is 5.32 Å². The number of thiazole rings is 1. The molecule has 1 fully saturated rings. The van der Waals surface area contributed by atoms with Gasteiger partial charge >= 0.3 is 0 Å². The number of nitrogens with one attached hydrogen (secondary N) is 1. The van der Waals surface area contributed by atoms with Gasteiger partial charge in [-0.25, -0.2) is 4.98 Å². The van der Waals surface area contributed by atoms with Crippen LogP contribution >= 0.6 is 11.3 Å². The molecular weight excluding hydrogens is 272 g/mol. The summed E-state index contributed by atoms with van der Waals surface area (Å²) in [5.74, 6) is -0.221. The van der Waals surface area contributed by atoms with Crippen molar-refractivity contribution in [2.45, 2.75) is 38.1 Å². The SMILES string of the molecule is Oc1ccc(-c2csc(NC3CCCCC3)n2)cc1O. The fourth-order valence-electron chi connectivity index (χ4n) is 2.58. The Hall–Kier alpha value is -1.75. The average molecular weight is 290 g/mol. The molecule has 2 aromatic rings. The number of anilines is 1. The number of hydrogen-bond acceptors (Lipinski definition) is 5. The van der Waals surface area contributed by atoms with E-state index < -0.39 is 0 Å². The summed E-state index contributed by atoms with van der Waals surface area (Å²) in [6.45, 7) is 0. The summed E-state index contributed by atoms with van der Waals surface area (Å²) in [5.41, 5.74) is 1.64. The van der Waals surface area contributed by atoms with Gasteiger partial charge in [0, 0.05) is 17.0 Å². The highest BCUT2D eigenvalue weighted by molar-refractivity contribution is 7.14. The quantitative estimate of drug-likeness (QED) is 0.748. The molecule has 1 heterocycles. The van der Waals surface area contributed by atoms with Crippen molar-refractivity contribution < 1.29 is 10.2 Å². The summed E-state index contributed by atoms with van der Waals surface area (Å²) in [6.07, 6.45) is 6.36.